The first-order valence-corrected chi connectivity index (χ1v) is 32.5. The Labute approximate surface area is 591 Å². The molecule has 4 atom stereocenters. The highest BCUT2D eigenvalue weighted by Crippen LogP contribution is 2.49. The third-order valence-electron chi connectivity index (χ3n) is 16.4. The molecule has 0 spiro atoms. The number of aromatic amines is 1. The van der Waals surface area contributed by atoms with E-state index in [0.717, 1.165) is 27.6 Å². The zero-order valence-corrected chi connectivity index (χ0v) is 60.2. The predicted molar refractivity (Wildman–Crippen MR) is 379 cm³/mol. The molecule has 0 bridgehead atoms. The van der Waals surface area contributed by atoms with Gasteiger partial charge in [-0.05, 0) is 96.1 Å². The van der Waals surface area contributed by atoms with Crippen molar-refractivity contribution in [3.63, 3.8) is 0 Å². The van der Waals surface area contributed by atoms with Crippen LogP contribution in [-0.2, 0) is 9.47 Å². The Morgan fingerprint density at radius 2 is 0.901 bits per heavy atom. The van der Waals surface area contributed by atoms with Gasteiger partial charge in [0.05, 0.1) is 137 Å². The number of hydrogen-bond donors (Lipinski definition) is 1. The van der Waals surface area contributed by atoms with Crippen LogP contribution in [0.25, 0.3) is 16.6 Å². The number of nitrogens with zero attached hydrogens (tertiary/aromatic N) is 5. The standard InChI is InChI=1S/C20H22O5S.C19H20O5S.2C17H17N3O5/c1-11-18(14-7-6-13(22-2)10-17(14)26-11)19(21)12-8-15(23-3)20(25-5)16(9-12)24-4;1-21-12-5-6-13-14(10-25-17(13)9-12)18(20)11-7-15(22-2)19(24-4)16(8-11)23-3;1-22-12-5-9(6-13(23-2)15(12)24-3)14(21)10-7-18-16-11(10)8-19-17(20-16)25-4;1-22-13-7-10(8-14(23-2)17(13)25-4)16(21)11-9-18-20-12(11)5-6-15(19-20)24-3/h6-10,14,17H,1-5H3;5-10,13,17H,1-4H3;5-8H,1-4H3,(H,18,19,20);5-9H,1-4H3. The van der Waals surface area contributed by atoms with Crippen molar-refractivity contribution >= 4 is 63.2 Å². The molecule has 4 aromatic carbocycles. The zero-order chi connectivity index (χ0) is 72.8. The molecule has 0 saturated heterocycles. The lowest BCUT2D eigenvalue weighted by molar-refractivity contribution is 0.101. The molecule has 8 aromatic rings. The molecule has 1 N–H and O–H groups in total. The molecular formula is C73H76N6O20S2. The number of thioether (sulfide) groups is 2. The number of allylic oxidation sites excluding steroid dienone is 7. The third-order valence-corrected chi connectivity index (χ3v) is 18.8. The zero-order valence-electron chi connectivity index (χ0n) is 58.6. The first-order chi connectivity index (χ1) is 48.9. The average Bonchev–Trinajstić information content (AvgIpc) is 1.66. The van der Waals surface area contributed by atoms with E-state index in [2.05, 4.69) is 31.2 Å². The van der Waals surface area contributed by atoms with E-state index in [-0.39, 0.29) is 51.5 Å². The minimum absolute atomic E-state index is 0.0272. The Hall–Kier alpha value is -11.3. The molecule has 6 heterocycles. The maximum absolute atomic E-state index is 13.3. The number of hydrogen-bond acceptors (Lipinski definition) is 26. The summed E-state index contributed by atoms with van der Waals surface area (Å²) in [5, 5.41) is 11.1. The van der Waals surface area contributed by atoms with Crippen molar-refractivity contribution in [1.29, 1.82) is 0 Å². The van der Waals surface area contributed by atoms with Crippen molar-refractivity contribution in [3.05, 3.63) is 182 Å². The number of ether oxygens (including phenoxy) is 16. The second kappa shape index (κ2) is 33.5. The normalized spacial score (nSPS) is 15.9. The summed E-state index contributed by atoms with van der Waals surface area (Å²) in [4.78, 5) is 64.5. The number of methoxy groups -OCH3 is 16. The second-order valence-corrected chi connectivity index (χ2v) is 24.1. The third kappa shape index (κ3) is 15.5. The smallest absolute Gasteiger partial charge is 0.318 e. The molecule has 28 heteroatoms. The van der Waals surface area contributed by atoms with Crippen molar-refractivity contribution < 1.29 is 95.0 Å². The predicted octanol–water partition coefficient (Wildman–Crippen LogP) is 11.8. The van der Waals surface area contributed by atoms with Gasteiger partial charge in [0.25, 0.3) is 0 Å². The van der Waals surface area contributed by atoms with Crippen molar-refractivity contribution in [2.45, 2.75) is 17.4 Å². The average molecular weight is 1420 g/mol. The minimum Gasteiger partial charge on any atom is -0.497 e. The van der Waals surface area contributed by atoms with Gasteiger partial charge in [-0.25, -0.2) is 4.98 Å². The summed E-state index contributed by atoms with van der Waals surface area (Å²) in [5.74, 6) is 6.88. The number of nitrogens with one attached hydrogen (secondary N) is 1. The van der Waals surface area contributed by atoms with Crippen molar-refractivity contribution in [2.75, 3.05) is 114 Å². The van der Waals surface area contributed by atoms with Gasteiger partial charge >= 0.3 is 6.01 Å². The Balaban J connectivity index is 0.000000157. The summed E-state index contributed by atoms with van der Waals surface area (Å²) < 4.78 is 85.8. The highest BCUT2D eigenvalue weighted by Gasteiger charge is 2.38. The molecule has 4 unspecified atom stereocenters. The number of rotatable bonds is 24. The Morgan fingerprint density at radius 3 is 1.34 bits per heavy atom. The largest absolute Gasteiger partial charge is 0.497 e. The van der Waals surface area contributed by atoms with E-state index in [1.807, 2.05) is 42.7 Å². The van der Waals surface area contributed by atoms with Crippen LogP contribution in [0, 0.1) is 11.8 Å². The number of H-pyrrole nitrogens is 1. The summed E-state index contributed by atoms with van der Waals surface area (Å²) in [5.41, 5.74) is 5.30. The van der Waals surface area contributed by atoms with E-state index in [1.165, 1.54) is 89.0 Å². The molecule has 0 radical (unpaired) electrons. The maximum Gasteiger partial charge on any atom is 0.318 e. The van der Waals surface area contributed by atoms with E-state index in [4.69, 9.17) is 75.8 Å². The first-order valence-electron chi connectivity index (χ1n) is 30.7. The van der Waals surface area contributed by atoms with Gasteiger partial charge in [-0.2, -0.15) is 10.1 Å². The SMILES string of the molecule is COC1=CC2SC(C)=C(C(=O)c3cc(OC)c(OC)c(OC)c3)C2C=C1.COC1=CC2SC=C(C(=O)c3cc(OC)c(OC)c(OC)c3)C2C=C1.COc1ccc2c(C(=O)c3cc(OC)c(OC)c(OC)c3)cnn2n1.COc1ncc2c(C(=O)c3cc(OC)c(OC)c(OC)c3)c[nH]c2n1. The van der Waals surface area contributed by atoms with Crippen LogP contribution in [-0.4, -0.2) is 177 Å². The van der Waals surface area contributed by atoms with Crippen LogP contribution in [0.4, 0.5) is 0 Å². The van der Waals surface area contributed by atoms with Gasteiger partial charge in [-0.1, -0.05) is 12.2 Å². The van der Waals surface area contributed by atoms with Crippen molar-refractivity contribution in [3.8, 4) is 80.9 Å². The number of carbonyl (C=O) groups is 4. The number of ketones is 4. The van der Waals surface area contributed by atoms with Crippen LogP contribution in [0.5, 0.6) is 80.9 Å². The number of Topliss-reactive ketones (excluding diaryl/α,β-unsaturated/α-hetero) is 2. The molecule has 4 aromatic heterocycles. The Morgan fingerprint density at radius 1 is 0.465 bits per heavy atom. The van der Waals surface area contributed by atoms with E-state index in [9.17, 15) is 19.2 Å². The number of carbonyl (C=O) groups excluding carboxylic acids is 4. The van der Waals surface area contributed by atoms with Gasteiger partial charge in [0.2, 0.25) is 28.9 Å². The molecule has 12 rings (SSSR count). The van der Waals surface area contributed by atoms with Crippen LogP contribution in [0.3, 0.4) is 0 Å². The minimum atomic E-state index is -0.235. The molecule has 2 aliphatic heterocycles. The van der Waals surface area contributed by atoms with Crippen LogP contribution >= 0.6 is 23.5 Å². The topological polar surface area (TPSA) is 288 Å². The summed E-state index contributed by atoms with van der Waals surface area (Å²) in [7, 11) is 24.5. The lowest BCUT2D eigenvalue weighted by Gasteiger charge is -2.20. The van der Waals surface area contributed by atoms with Gasteiger partial charge in [-0.3, -0.25) is 19.2 Å². The van der Waals surface area contributed by atoms with Gasteiger partial charge in [-0.15, -0.1) is 33.3 Å². The highest BCUT2D eigenvalue weighted by molar-refractivity contribution is 8.04. The van der Waals surface area contributed by atoms with Crippen LogP contribution in [0.15, 0.2) is 149 Å². The maximum atomic E-state index is 13.3. The molecule has 4 aliphatic rings. The molecular weight excluding hydrogens is 1340 g/mol. The molecule has 26 nitrogen and oxygen atoms in total. The summed E-state index contributed by atoms with van der Waals surface area (Å²) >= 11 is 3.32. The summed E-state index contributed by atoms with van der Waals surface area (Å²) in [6.07, 6.45) is 16.6. The molecule has 0 fully saturated rings. The lowest BCUT2D eigenvalue weighted by Crippen LogP contribution is -2.19. The quantitative estimate of drug-likeness (QED) is 0.0550. The van der Waals surface area contributed by atoms with Gasteiger partial charge in [0.15, 0.2) is 69.1 Å². The first kappa shape index (κ1) is 74.0. The summed E-state index contributed by atoms with van der Waals surface area (Å²) in [6, 6.07) is 16.8. The number of aromatic nitrogens is 6. The fourth-order valence-electron chi connectivity index (χ4n) is 11.4. The van der Waals surface area contributed by atoms with Gasteiger partial charge in [0, 0.05) is 79.6 Å². The fraction of sp³-hybridized carbons (Fsp3) is 0.288. The highest BCUT2D eigenvalue weighted by atomic mass is 32.2. The van der Waals surface area contributed by atoms with Gasteiger partial charge < -0.3 is 80.8 Å². The van der Waals surface area contributed by atoms with Crippen LogP contribution in [0.1, 0.15) is 59.5 Å². The van der Waals surface area contributed by atoms with Gasteiger partial charge in [0.1, 0.15) is 17.2 Å². The lowest BCUT2D eigenvalue weighted by atomic mass is 9.86. The van der Waals surface area contributed by atoms with E-state index in [1.54, 1.807) is 132 Å². The number of fused-ring (bicyclic) bond motifs is 4. The molecule has 530 valence electrons. The van der Waals surface area contributed by atoms with Crippen molar-refractivity contribution in [2.24, 2.45) is 11.8 Å². The monoisotopic (exact) mass is 1420 g/mol. The second-order valence-electron chi connectivity index (χ2n) is 21.6. The van der Waals surface area contributed by atoms with E-state index < -0.39 is 0 Å². The Kier molecular flexibility index (Phi) is 24.6. The van der Waals surface area contributed by atoms with Crippen molar-refractivity contribution in [1.82, 2.24) is 29.8 Å². The van der Waals surface area contributed by atoms with Crippen LogP contribution in [0.2, 0.25) is 0 Å². The molecule has 0 saturated carbocycles. The van der Waals surface area contributed by atoms with Crippen LogP contribution < -0.4 is 66.3 Å². The molecule has 101 heavy (non-hydrogen) atoms. The van der Waals surface area contributed by atoms with E-state index >= 15 is 0 Å². The molecule has 2 aliphatic carbocycles. The summed E-state index contributed by atoms with van der Waals surface area (Å²) in [6.45, 7) is 1.99. The fourth-order valence-corrected chi connectivity index (χ4v) is 13.9. The Bertz CT molecular complexity index is 4370. The molecule has 0 amide bonds. The number of benzene rings is 4. The van der Waals surface area contributed by atoms with E-state index in [0.29, 0.717) is 125 Å².